The molecule has 1 aliphatic rings. The van der Waals surface area contributed by atoms with Gasteiger partial charge in [-0.2, -0.15) is 0 Å². The van der Waals surface area contributed by atoms with Crippen LogP contribution in [0.15, 0.2) is 128 Å². The molecule has 0 bridgehead atoms. The quantitative estimate of drug-likeness (QED) is 0.167. The van der Waals surface area contributed by atoms with Gasteiger partial charge in [0.2, 0.25) is 0 Å². The molecule has 0 unspecified atom stereocenters. The van der Waals surface area contributed by atoms with Crippen molar-refractivity contribution >= 4 is 44.6 Å². The average molecular weight is 818 g/mol. The van der Waals surface area contributed by atoms with Gasteiger partial charge in [-0.25, -0.2) is 4.98 Å². The lowest BCUT2D eigenvalue weighted by molar-refractivity contribution is 0.483. The summed E-state index contributed by atoms with van der Waals surface area (Å²) in [4.78, 5) is 14.5. The zero-order valence-corrected chi connectivity index (χ0v) is 38.5. The second kappa shape index (κ2) is 14.9. The number of benzene rings is 5. The standard InChI is InChI=1S/C56H59N5O/c1-35-26-36(2)52(37(3)27-35)38-28-45(55(7,8)9)53(46(29-38)56(10,11)12)60-34-59(48-23-24-57-33-50(48)60)40-16-15-17-41(31-40)62-42-20-21-44-43-18-13-14-19-47(43)61(49(44)32-42)51-30-39(22-25-58-51)54(4,5)6/h13-33H,34H2,1-12H3. The molecular weight excluding hydrogens is 759 g/mol. The van der Waals surface area contributed by atoms with Crippen LogP contribution in [-0.2, 0) is 16.2 Å². The van der Waals surface area contributed by atoms with Gasteiger partial charge in [-0.05, 0) is 137 Å². The zero-order chi connectivity index (χ0) is 43.9. The van der Waals surface area contributed by atoms with Gasteiger partial charge in [-0.15, -0.1) is 0 Å². The number of aromatic nitrogens is 3. The molecule has 0 saturated carbocycles. The van der Waals surface area contributed by atoms with Gasteiger partial charge in [0.1, 0.15) is 24.0 Å². The molecule has 6 heteroatoms. The summed E-state index contributed by atoms with van der Waals surface area (Å²) < 4.78 is 9.04. The average Bonchev–Trinajstić information content (AvgIpc) is 3.75. The van der Waals surface area contributed by atoms with Crippen LogP contribution in [0.25, 0.3) is 38.8 Å². The van der Waals surface area contributed by atoms with Crippen molar-refractivity contribution in [2.75, 3.05) is 16.5 Å². The topological polar surface area (TPSA) is 46.4 Å². The molecule has 9 rings (SSSR count). The first kappa shape index (κ1) is 41.0. The molecule has 0 saturated heterocycles. The van der Waals surface area contributed by atoms with Gasteiger partial charge in [-0.1, -0.05) is 104 Å². The molecule has 314 valence electrons. The van der Waals surface area contributed by atoms with E-state index in [4.69, 9.17) is 14.7 Å². The van der Waals surface area contributed by atoms with E-state index in [1.807, 2.05) is 24.7 Å². The molecule has 0 atom stereocenters. The monoisotopic (exact) mass is 817 g/mol. The van der Waals surface area contributed by atoms with Crippen molar-refractivity contribution in [2.45, 2.75) is 99.3 Å². The van der Waals surface area contributed by atoms with Gasteiger partial charge in [0.25, 0.3) is 0 Å². The Kier molecular flexibility index (Phi) is 9.85. The van der Waals surface area contributed by atoms with Crippen LogP contribution >= 0.6 is 0 Å². The van der Waals surface area contributed by atoms with Crippen molar-refractivity contribution < 1.29 is 4.74 Å². The van der Waals surface area contributed by atoms with Crippen molar-refractivity contribution in [2.24, 2.45) is 0 Å². The number of anilines is 4. The molecular formula is C56H59N5O. The predicted molar refractivity (Wildman–Crippen MR) is 261 cm³/mol. The molecule has 0 radical (unpaired) electrons. The summed E-state index contributed by atoms with van der Waals surface area (Å²) in [6.45, 7) is 28.1. The second-order valence-corrected chi connectivity index (χ2v) is 20.3. The minimum absolute atomic E-state index is 0.00634. The van der Waals surface area contributed by atoms with Crippen molar-refractivity contribution in [1.82, 2.24) is 14.5 Å². The fourth-order valence-electron chi connectivity index (χ4n) is 9.49. The highest BCUT2D eigenvalue weighted by atomic mass is 16.5. The second-order valence-electron chi connectivity index (χ2n) is 20.3. The van der Waals surface area contributed by atoms with E-state index < -0.39 is 0 Å². The van der Waals surface area contributed by atoms with Gasteiger partial charge in [0.15, 0.2) is 0 Å². The summed E-state index contributed by atoms with van der Waals surface area (Å²) in [7, 11) is 0. The number of para-hydroxylation sites is 1. The largest absolute Gasteiger partial charge is 0.457 e. The summed E-state index contributed by atoms with van der Waals surface area (Å²) in [5, 5.41) is 2.35. The molecule has 0 fully saturated rings. The van der Waals surface area contributed by atoms with Crippen molar-refractivity contribution in [3.63, 3.8) is 0 Å². The molecule has 3 aromatic heterocycles. The van der Waals surface area contributed by atoms with Gasteiger partial charge >= 0.3 is 0 Å². The summed E-state index contributed by atoms with van der Waals surface area (Å²) in [5.74, 6) is 2.43. The van der Waals surface area contributed by atoms with Crippen LogP contribution in [0.2, 0.25) is 0 Å². The first-order valence-electron chi connectivity index (χ1n) is 21.9. The Morgan fingerprint density at radius 3 is 1.94 bits per heavy atom. The Bertz CT molecular complexity index is 2970. The summed E-state index contributed by atoms with van der Waals surface area (Å²) >= 11 is 0. The van der Waals surface area contributed by atoms with Crippen LogP contribution < -0.4 is 14.5 Å². The van der Waals surface area contributed by atoms with Gasteiger partial charge < -0.3 is 14.5 Å². The number of nitrogens with zero attached hydrogens (tertiary/aromatic N) is 5. The van der Waals surface area contributed by atoms with Crippen LogP contribution in [0.3, 0.4) is 0 Å². The number of hydrogen-bond acceptors (Lipinski definition) is 5. The summed E-state index contributed by atoms with van der Waals surface area (Å²) in [6.07, 6.45) is 5.85. The first-order chi connectivity index (χ1) is 29.4. The van der Waals surface area contributed by atoms with E-state index in [0.29, 0.717) is 6.67 Å². The highest BCUT2D eigenvalue weighted by Gasteiger charge is 2.36. The summed E-state index contributed by atoms with van der Waals surface area (Å²) in [5.41, 5.74) is 16.8. The van der Waals surface area contributed by atoms with Crippen LogP contribution in [0.1, 0.15) is 95.7 Å². The highest BCUT2D eigenvalue weighted by Crippen LogP contribution is 2.51. The number of hydrogen-bond donors (Lipinski definition) is 0. The molecule has 0 aliphatic carbocycles. The predicted octanol–water partition coefficient (Wildman–Crippen LogP) is 15.1. The van der Waals surface area contributed by atoms with E-state index in [1.54, 1.807) is 0 Å². The number of rotatable bonds is 6. The van der Waals surface area contributed by atoms with E-state index in [-0.39, 0.29) is 16.2 Å². The van der Waals surface area contributed by atoms with Crippen LogP contribution in [0.5, 0.6) is 11.5 Å². The minimum atomic E-state index is -0.139. The van der Waals surface area contributed by atoms with Gasteiger partial charge in [-0.3, -0.25) is 9.55 Å². The number of pyridine rings is 2. The third kappa shape index (κ3) is 7.29. The molecule has 0 amide bonds. The zero-order valence-electron chi connectivity index (χ0n) is 38.5. The highest BCUT2D eigenvalue weighted by molar-refractivity contribution is 6.09. The van der Waals surface area contributed by atoms with E-state index in [9.17, 15) is 0 Å². The van der Waals surface area contributed by atoms with E-state index in [2.05, 4.69) is 201 Å². The number of ether oxygens (including phenoxy) is 1. The smallest absolute Gasteiger partial charge is 0.137 e. The van der Waals surface area contributed by atoms with Crippen molar-refractivity contribution in [3.8, 4) is 28.4 Å². The maximum atomic E-state index is 6.77. The number of aryl methyl sites for hydroxylation is 3. The molecule has 1 aliphatic heterocycles. The molecule has 4 heterocycles. The fourth-order valence-corrected chi connectivity index (χ4v) is 9.49. The fraction of sp³-hybridized carbons (Fsp3) is 0.286. The Labute approximate surface area is 367 Å². The molecule has 8 aromatic rings. The van der Waals surface area contributed by atoms with E-state index >= 15 is 0 Å². The lowest BCUT2D eigenvalue weighted by atomic mass is 9.76. The molecule has 62 heavy (non-hydrogen) atoms. The third-order valence-corrected chi connectivity index (χ3v) is 12.5. The van der Waals surface area contributed by atoms with E-state index in [1.165, 1.54) is 55.6 Å². The Morgan fingerprint density at radius 2 is 1.24 bits per heavy atom. The van der Waals surface area contributed by atoms with Crippen LogP contribution in [0.4, 0.5) is 22.7 Å². The maximum Gasteiger partial charge on any atom is 0.137 e. The normalized spacial score (nSPS) is 13.4. The van der Waals surface area contributed by atoms with Gasteiger partial charge in [0, 0.05) is 41.0 Å². The van der Waals surface area contributed by atoms with E-state index in [0.717, 1.165) is 50.8 Å². The Morgan fingerprint density at radius 1 is 0.565 bits per heavy atom. The lowest BCUT2D eigenvalue weighted by Crippen LogP contribution is -2.30. The molecule has 6 nitrogen and oxygen atoms in total. The number of fused-ring (bicyclic) bond motifs is 4. The Balaban J connectivity index is 1.11. The van der Waals surface area contributed by atoms with Crippen LogP contribution in [0, 0.1) is 20.8 Å². The Hall–Kier alpha value is -6.40. The van der Waals surface area contributed by atoms with Crippen molar-refractivity contribution in [1.29, 1.82) is 0 Å². The third-order valence-electron chi connectivity index (χ3n) is 12.5. The van der Waals surface area contributed by atoms with Crippen molar-refractivity contribution in [3.05, 3.63) is 161 Å². The van der Waals surface area contributed by atoms with Gasteiger partial charge in [0.05, 0.1) is 34.3 Å². The molecule has 0 N–H and O–H groups in total. The first-order valence-corrected chi connectivity index (χ1v) is 21.9. The lowest BCUT2D eigenvalue weighted by Gasteiger charge is -2.36. The molecule has 5 aromatic carbocycles. The molecule has 0 spiro atoms. The summed E-state index contributed by atoms with van der Waals surface area (Å²) in [6, 6.07) is 39.4. The SMILES string of the molecule is Cc1cc(C)c(-c2cc(C(C)(C)C)c(N3CN(c4cccc(Oc5ccc6c7ccccc7n(-c7cc(C(C)(C)C)ccn7)c6c5)c4)c4ccncc43)c(C(C)(C)C)c2)c(C)c1. The minimum Gasteiger partial charge on any atom is -0.457 e. The maximum absolute atomic E-state index is 6.77. The van der Waals surface area contributed by atoms with Crippen LogP contribution in [-0.4, -0.2) is 21.2 Å².